The molecule has 0 atom stereocenters. The Morgan fingerprint density at radius 3 is 2.52 bits per heavy atom. The summed E-state index contributed by atoms with van der Waals surface area (Å²) >= 11 is 0. The highest BCUT2D eigenvalue weighted by Gasteiger charge is 2.32. The zero-order chi connectivity index (χ0) is 17.6. The fourth-order valence-electron chi connectivity index (χ4n) is 2.96. The molecule has 5 nitrogen and oxygen atoms in total. The summed E-state index contributed by atoms with van der Waals surface area (Å²) in [6.07, 6.45) is 4.59. The van der Waals surface area contributed by atoms with Gasteiger partial charge in [0.15, 0.2) is 0 Å². The molecule has 0 amide bonds. The molecule has 0 unspecified atom stereocenters. The topological polar surface area (TPSA) is 64.0 Å². The molecule has 2 fully saturated rings. The van der Waals surface area contributed by atoms with Crippen LogP contribution in [-0.4, -0.2) is 24.7 Å². The van der Waals surface area contributed by atoms with E-state index in [9.17, 15) is 17.2 Å². The van der Waals surface area contributed by atoms with Crippen molar-refractivity contribution in [2.45, 2.75) is 49.0 Å². The SMILES string of the molecule is O=S(=O)(NCCn1nc(C2CC2)cc1C1CC1)c1cc(F)ccc1F. The zero-order valence-electron chi connectivity index (χ0n) is 13.6. The lowest BCUT2D eigenvalue weighted by Gasteiger charge is -2.10. The highest BCUT2D eigenvalue weighted by atomic mass is 32.2. The fourth-order valence-corrected chi connectivity index (χ4v) is 4.07. The van der Waals surface area contributed by atoms with Crippen molar-refractivity contribution in [3.05, 3.63) is 47.3 Å². The van der Waals surface area contributed by atoms with Crippen molar-refractivity contribution in [2.24, 2.45) is 0 Å². The van der Waals surface area contributed by atoms with Crippen LogP contribution in [0.2, 0.25) is 0 Å². The van der Waals surface area contributed by atoms with Gasteiger partial charge in [-0.25, -0.2) is 21.9 Å². The molecule has 0 aliphatic heterocycles. The van der Waals surface area contributed by atoms with Crippen LogP contribution in [0, 0.1) is 11.6 Å². The normalized spacial score (nSPS) is 17.8. The summed E-state index contributed by atoms with van der Waals surface area (Å²) in [6.45, 7) is 0.443. The molecule has 4 rings (SSSR count). The molecule has 0 bridgehead atoms. The molecule has 2 aliphatic rings. The van der Waals surface area contributed by atoms with E-state index in [0.717, 1.165) is 49.2 Å². The van der Waals surface area contributed by atoms with Gasteiger partial charge in [-0.2, -0.15) is 5.10 Å². The first kappa shape index (κ1) is 16.7. The second-order valence-corrected chi connectivity index (χ2v) is 8.47. The maximum Gasteiger partial charge on any atom is 0.243 e. The van der Waals surface area contributed by atoms with E-state index >= 15 is 0 Å². The second-order valence-electron chi connectivity index (χ2n) is 6.74. The van der Waals surface area contributed by atoms with Crippen molar-refractivity contribution in [3.63, 3.8) is 0 Å². The van der Waals surface area contributed by atoms with Crippen molar-refractivity contribution in [2.75, 3.05) is 6.54 Å². The third-order valence-electron chi connectivity index (χ3n) is 4.62. The third kappa shape index (κ3) is 3.59. The van der Waals surface area contributed by atoms with Crippen molar-refractivity contribution in [1.29, 1.82) is 0 Å². The van der Waals surface area contributed by atoms with E-state index in [2.05, 4.69) is 15.9 Å². The van der Waals surface area contributed by atoms with E-state index in [-0.39, 0.29) is 6.54 Å². The molecule has 1 aromatic carbocycles. The summed E-state index contributed by atoms with van der Waals surface area (Å²) in [7, 11) is -4.10. The van der Waals surface area contributed by atoms with Gasteiger partial charge in [-0.15, -0.1) is 0 Å². The average Bonchev–Trinajstić information content (AvgIpc) is 3.48. The molecule has 0 saturated heterocycles. The smallest absolute Gasteiger partial charge is 0.243 e. The lowest BCUT2D eigenvalue weighted by atomic mass is 10.2. The highest BCUT2D eigenvalue weighted by Crippen LogP contribution is 2.44. The standard InChI is InChI=1S/C17H19F2N3O2S/c18-13-5-6-14(19)17(9-13)25(23,24)20-7-8-22-16(12-3-4-12)10-15(21-22)11-1-2-11/h5-6,9-12,20H,1-4,7-8H2. The molecule has 0 radical (unpaired) electrons. The minimum absolute atomic E-state index is 0.0732. The Bertz CT molecular complexity index is 903. The van der Waals surface area contributed by atoms with Crippen LogP contribution in [0.25, 0.3) is 0 Å². The van der Waals surface area contributed by atoms with Crippen LogP contribution < -0.4 is 4.72 Å². The number of nitrogens with one attached hydrogen (secondary N) is 1. The van der Waals surface area contributed by atoms with Crippen molar-refractivity contribution in [3.8, 4) is 0 Å². The summed E-state index contributed by atoms with van der Waals surface area (Å²) in [4.78, 5) is -0.672. The van der Waals surface area contributed by atoms with Gasteiger partial charge in [-0.3, -0.25) is 4.68 Å². The van der Waals surface area contributed by atoms with Crippen LogP contribution >= 0.6 is 0 Å². The molecule has 134 valence electrons. The number of sulfonamides is 1. The molecule has 25 heavy (non-hydrogen) atoms. The Kier molecular flexibility index (Phi) is 4.11. The average molecular weight is 367 g/mol. The summed E-state index contributed by atoms with van der Waals surface area (Å²) in [6, 6.07) is 4.52. The first-order valence-corrected chi connectivity index (χ1v) is 9.95. The number of benzene rings is 1. The predicted octanol–water partition coefficient (Wildman–Crippen LogP) is 2.89. The molecule has 1 aromatic heterocycles. The third-order valence-corrected chi connectivity index (χ3v) is 6.10. The summed E-state index contributed by atoms with van der Waals surface area (Å²) < 4.78 is 55.5. The van der Waals surface area contributed by atoms with E-state index in [4.69, 9.17) is 0 Å². The summed E-state index contributed by atoms with van der Waals surface area (Å²) in [5.41, 5.74) is 2.24. The molecule has 2 saturated carbocycles. The van der Waals surface area contributed by atoms with E-state index in [1.807, 2.05) is 4.68 Å². The Morgan fingerprint density at radius 2 is 1.84 bits per heavy atom. The molecule has 2 aromatic rings. The molecule has 0 spiro atoms. The monoisotopic (exact) mass is 367 g/mol. The Labute approximate surface area is 145 Å². The Morgan fingerprint density at radius 1 is 1.12 bits per heavy atom. The van der Waals surface area contributed by atoms with Crippen molar-refractivity contribution in [1.82, 2.24) is 14.5 Å². The van der Waals surface area contributed by atoms with E-state index in [1.165, 1.54) is 0 Å². The van der Waals surface area contributed by atoms with Crippen molar-refractivity contribution >= 4 is 10.0 Å². The highest BCUT2D eigenvalue weighted by molar-refractivity contribution is 7.89. The molecule has 1 heterocycles. The number of hydrogen-bond donors (Lipinski definition) is 1. The maximum atomic E-state index is 13.7. The van der Waals surface area contributed by atoms with Gasteiger partial charge in [0, 0.05) is 24.1 Å². The van der Waals surface area contributed by atoms with Gasteiger partial charge < -0.3 is 0 Å². The summed E-state index contributed by atoms with van der Waals surface area (Å²) in [5, 5.41) is 4.61. The number of rotatable bonds is 7. The molecule has 1 N–H and O–H groups in total. The van der Waals surface area contributed by atoms with Crippen LogP contribution in [0.15, 0.2) is 29.2 Å². The Hall–Kier alpha value is -1.80. The summed E-state index contributed by atoms with van der Waals surface area (Å²) in [5.74, 6) is -0.712. The number of hydrogen-bond acceptors (Lipinski definition) is 3. The minimum Gasteiger partial charge on any atom is -0.268 e. The fraction of sp³-hybridized carbons (Fsp3) is 0.471. The van der Waals surface area contributed by atoms with Crippen LogP contribution in [0.4, 0.5) is 8.78 Å². The maximum absolute atomic E-state index is 13.7. The lowest BCUT2D eigenvalue weighted by molar-refractivity contribution is 0.532. The van der Waals surface area contributed by atoms with Crippen molar-refractivity contribution < 1.29 is 17.2 Å². The molecule has 2 aliphatic carbocycles. The number of aromatic nitrogens is 2. The van der Waals surface area contributed by atoms with Crippen LogP contribution in [0.1, 0.15) is 48.9 Å². The second kappa shape index (κ2) is 6.17. The van der Waals surface area contributed by atoms with Crippen LogP contribution in [0.5, 0.6) is 0 Å². The van der Waals surface area contributed by atoms with Gasteiger partial charge in [0.1, 0.15) is 16.5 Å². The van der Waals surface area contributed by atoms with Crippen LogP contribution in [-0.2, 0) is 16.6 Å². The van der Waals surface area contributed by atoms with E-state index in [1.54, 1.807) is 0 Å². The van der Waals surface area contributed by atoms with Gasteiger partial charge in [-0.1, -0.05) is 0 Å². The van der Waals surface area contributed by atoms with E-state index < -0.39 is 26.6 Å². The van der Waals surface area contributed by atoms with E-state index in [0.29, 0.717) is 24.4 Å². The van der Waals surface area contributed by atoms with Gasteiger partial charge in [0.05, 0.1) is 12.2 Å². The molecular weight excluding hydrogens is 348 g/mol. The number of halogens is 2. The molecule has 8 heteroatoms. The first-order valence-electron chi connectivity index (χ1n) is 8.46. The van der Waals surface area contributed by atoms with Gasteiger partial charge >= 0.3 is 0 Å². The van der Waals surface area contributed by atoms with Crippen LogP contribution in [0.3, 0.4) is 0 Å². The van der Waals surface area contributed by atoms with Gasteiger partial charge in [-0.05, 0) is 49.9 Å². The number of nitrogens with zero attached hydrogens (tertiary/aromatic N) is 2. The largest absolute Gasteiger partial charge is 0.268 e. The first-order chi connectivity index (χ1) is 11.9. The quantitative estimate of drug-likeness (QED) is 0.818. The minimum atomic E-state index is -4.10. The zero-order valence-corrected chi connectivity index (χ0v) is 14.4. The Balaban J connectivity index is 1.46. The predicted molar refractivity (Wildman–Crippen MR) is 87.7 cm³/mol. The lowest BCUT2D eigenvalue weighted by Crippen LogP contribution is -2.29. The van der Waals surface area contributed by atoms with Gasteiger partial charge in [0.2, 0.25) is 10.0 Å². The van der Waals surface area contributed by atoms with Gasteiger partial charge in [0.25, 0.3) is 0 Å². The molecular formula is C17H19F2N3O2S.